The van der Waals surface area contributed by atoms with Gasteiger partial charge in [-0.1, -0.05) is 19.9 Å². The van der Waals surface area contributed by atoms with Crippen molar-refractivity contribution in [1.82, 2.24) is 26.6 Å². The summed E-state index contributed by atoms with van der Waals surface area (Å²) in [7, 11) is 0. The van der Waals surface area contributed by atoms with E-state index in [0.29, 0.717) is 25.0 Å². The summed E-state index contributed by atoms with van der Waals surface area (Å²) in [4.78, 5) is 76.6. The minimum atomic E-state index is -1.10. The van der Waals surface area contributed by atoms with Crippen LogP contribution in [-0.2, 0) is 33.4 Å². The zero-order valence-corrected chi connectivity index (χ0v) is 27.4. The zero-order valence-electron chi connectivity index (χ0n) is 25.6. The molecule has 0 aromatic rings. The van der Waals surface area contributed by atoms with Gasteiger partial charge in [0, 0.05) is 12.3 Å². The Kier molecular flexibility index (Phi) is 17.1. The average molecular weight is 646 g/mol. The monoisotopic (exact) mass is 645 g/mol. The summed E-state index contributed by atoms with van der Waals surface area (Å²) >= 11 is 8.35. The van der Waals surface area contributed by atoms with Gasteiger partial charge in [0.15, 0.2) is 0 Å². The first-order valence-corrected chi connectivity index (χ1v) is 15.7. The number of carbonyl (C=O) groups is 6. The van der Waals surface area contributed by atoms with Crippen LogP contribution in [0.2, 0.25) is 0 Å². The number of ether oxygens (including phenoxy) is 2. The van der Waals surface area contributed by atoms with E-state index < -0.39 is 72.1 Å². The predicted octanol–water partition coefficient (Wildman–Crippen LogP) is 1.03. The van der Waals surface area contributed by atoms with E-state index >= 15 is 0 Å². The molecule has 0 aromatic carbocycles. The summed E-state index contributed by atoms with van der Waals surface area (Å²) in [6, 6.07) is -3.14. The number of amides is 5. The normalized spacial score (nSPS) is 23.2. The second-order valence-corrected chi connectivity index (χ2v) is 12.2. The Morgan fingerprint density at radius 1 is 1.02 bits per heavy atom. The lowest BCUT2D eigenvalue weighted by atomic mass is 10.0. The molecule has 244 valence electrons. The quantitative estimate of drug-likeness (QED) is 0.0796. The van der Waals surface area contributed by atoms with Gasteiger partial charge in [-0.3, -0.25) is 24.0 Å². The molecule has 1 saturated heterocycles. The first-order valence-electron chi connectivity index (χ1n) is 14.4. The lowest BCUT2D eigenvalue weighted by molar-refractivity contribution is -0.148. The largest absolute Gasteiger partial charge is 0.456 e. The summed E-state index contributed by atoms with van der Waals surface area (Å²) in [6.45, 7) is 8.52. The van der Waals surface area contributed by atoms with Crippen LogP contribution in [0.25, 0.3) is 0 Å². The summed E-state index contributed by atoms with van der Waals surface area (Å²) < 4.78 is 10.6. The van der Waals surface area contributed by atoms with Crippen LogP contribution in [0.4, 0.5) is 4.79 Å². The van der Waals surface area contributed by atoms with Crippen molar-refractivity contribution in [3.05, 3.63) is 12.2 Å². The number of cyclic esters (lactones) is 1. The van der Waals surface area contributed by atoms with Crippen LogP contribution in [0.15, 0.2) is 12.2 Å². The highest BCUT2D eigenvalue weighted by Crippen LogP contribution is 2.10. The molecule has 0 radical (unpaired) electrons. The van der Waals surface area contributed by atoms with Crippen molar-refractivity contribution < 1.29 is 38.2 Å². The van der Waals surface area contributed by atoms with Crippen LogP contribution in [-0.4, -0.2) is 90.1 Å². The van der Waals surface area contributed by atoms with E-state index in [0.717, 1.165) is 0 Å². The molecule has 15 heteroatoms. The fraction of sp³-hybridized carbons (Fsp3) is 0.714. The van der Waals surface area contributed by atoms with Gasteiger partial charge in [-0.05, 0) is 64.2 Å². The van der Waals surface area contributed by atoms with Gasteiger partial charge >= 0.3 is 12.1 Å². The van der Waals surface area contributed by atoms with Gasteiger partial charge < -0.3 is 36.1 Å². The molecule has 43 heavy (non-hydrogen) atoms. The maximum Gasteiger partial charge on any atom is 0.407 e. The molecule has 4 atom stereocenters. The highest BCUT2D eigenvalue weighted by Gasteiger charge is 2.31. The Hall–Kier alpha value is -2.94. The number of alkyl carbamates (subject to hydrolysis) is 1. The molecule has 1 fully saturated rings. The molecule has 0 aromatic heterocycles. The molecule has 1 rings (SSSR count). The fourth-order valence-electron chi connectivity index (χ4n) is 3.89. The van der Waals surface area contributed by atoms with Crippen LogP contribution < -0.4 is 26.6 Å². The third-order valence-electron chi connectivity index (χ3n) is 6.02. The summed E-state index contributed by atoms with van der Waals surface area (Å²) in [5.41, 5.74) is -0.640. The maximum absolute atomic E-state index is 13.3. The van der Waals surface area contributed by atoms with Gasteiger partial charge in [-0.2, -0.15) is 25.3 Å². The third-order valence-corrected chi connectivity index (χ3v) is 6.65. The van der Waals surface area contributed by atoms with Gasteiger partial charge in [0.1, 0.15) is 36.4 Å². The summed E-state index contributed by atoms with van der Waals surface area (Å²) in [5.74, 6) is -3.09. The van der Waals surface area contributed by atoms with Crippen molar-refractivity contribution in [3.63, 3.8) is 0 Å². The van der Waals surface area contributed by atoms with Crippen molar-refractivity contribution in [2.24, 2.45) is 5.92 Å². The molecule has 1 heterocycles. The lowest BCUT2D eigenvalue weighted by Gasteiger charge is -2.27. The first kappa shape index (κ1) is 38.1. The molecule has 0 unspecified atom stereocenters. The zero-order chi connectivity index (χ0) is 32.6. The fourth-order valence-corrected chi connectivity index (χ4v) is 4.30. The smallest absolute Gasteiger partial charge is 0.407 e. The number of nitrogens with one attached hydrogen (secondary N) is 5. The molecular weight excluding hydrogens is 598 g/mol. The number of hydrogen-bond donors (Lipinski definition) is 7. The molecule has 0 saturated carbocycles. The topological polar surface area (TPSA) is 181 Å². The van der Waals surface area contributed by atoms with Gasteiger partial charge in [0.25, 0.3) is 0 Å². The lowest BCUT2D eigenvalue weighted by Crippen LogP contribution is -2.58. The number of carbonyl (C=O) groups excluding carboxylic acids is 6. The van der Waals surface area contributed by atoms with Crippen molar-refractivity contribution in [3.8, 4) is 0 Å². The van der Waals surface area contributed by atoms with Gasteiger partial charge in [0.05, 0.1) is 6.42 Å². The molecule has 13 nitrogen and oxygen atoms in total. The van der Waals surface area contributed by atoms with Crippen molar-refractivity contribution in [2.75, 3.05) is 24.6 Å². The average Bonchev–Trinajstić information content (AvgIpc) is 2.90. The first-order chi connectivity index (χ1) is 20.2. The molecule has 0 bridgehead atoms. The van der Waals surface area contributed by atoms with Crippen molar-refractivity contribution >= 4 is 60.9 Å². The second kappa shape index (κ2) is 19.4. The Morgan fingerprint density at radius 3 is 2.30 bits per heavy atom. The predicted molar refractivity (Wildman–Crippen MR) is 168 cm³/mol. The van der Waals surface area contributed by atoms with Crippen LogP contribution in [0.3, 0.4) is 0 Å². The Morgan fingerprint density at radius 2 is 1.70 bits per heavy atom. The molecule has 5 amide bonds. The Balaban J connectivity index is 3.14. The maximum atomic E-state index is 13.3. The van der Waals surface area contributed by atoms with Gasteiger partial charge in [0.2, 0.25) is 23.6 Å². The van der Waals surface area contributed by atoms with Crippen LogP contribution in [0.1, 0.15) is 66.7 Å². The Bertz CT molecular complexity index is 1000. The number of unbranched alkanes of at least 4 members (excludes halogenated alkanes) is 1. The minimum absolute atomic E-state index is 0.0746. The van der Waals surface area contributed by atoms with Gasteiger partial charge in [-0.15, -0.1) is 0 Å². The van der Waals surface area contributed by atoms with E-state index in [1.807, 2.05) is 0 Å². The van der Waals surface area contributed by atoms with Crippen LogP contribution >= 0.6 is 25.3 Å². The summed E-state index contributed by atoms with van der Waals surface area (Å²) in [6.07, 6.45) is 3.15. The number of esters is 1. The standard InChI is InChI=1S/C28H47N5O8S2/c1-17(2)23-26(38)30-15-22(35)40-18(10-7-9-13-42)14-21(34)31-19(24(36)32-20(16-43)25(37)33-23)11-6-8-12-29-27(39)41-28(3,4)5/h7,10,17-20,23,42-43H,6,8-9,11-16H2,1-5H3,(H,29,39)(H,30,38)(H,31,34)(H,32,36)(H,33,37)/b10-7+/t18-,19-,20-,23-/m1/s1. The Labute approximate surface area is 264 Å². The van der Waals surface area contributed by atoms with E-state index in [1.165, 1.54) is 0 Å². The summed E-state index contributed by atoms with van der Waals surface area (Å²) in [5, 5.41) is 13.0. The third kappa shape index (κ3) is 15.9. The SMILES string of the molecule is CC(C)[C@H]1NC(=O)[C@@H](CS)NC(=O)[C@@H](CCCCNC(=O)OC(C)(C)C)NC(=O)C[C@@H](/C=C/CCS)OC(=O)CNC1=O. The van der Waals surface area contributed by atoms with Crippen LogP contribution in [0, 0.1) is 5.92 Å². The van der Waals surface area contributed by atoms with E-state index in [4.69, 9.17) is 9.47 Å². The van der Waals surface area contributed by atoms with E-state index in [9.17, 15) is 28.8 Å². The number of allylic oxidation sites excluding steroid dienone is 1. The van der Waals surface area contributed by atoms with Crippen LogP contribution in [0.5, 0.6) is 0 Å². The number of hydrogen-bond acceptors (Lipinski definition) is 10. The minimum Gasteiger partial charge on any atom is -0.456 e. The molecule has 0 aliphatic carbocycles. The molecule has 0 spiro atoms. The number of thiol groups is 2. The van der Waals surface area contributed by atoms with E-state index in [2.05, 4.69) is 51.8 Å². The molecular formula is C28H47N5O8S2. The number of rotatable bonds is 10. The molecule has 5 N–H and O–H groups in total. The highest BCUT2D eigenvalue weighted by atomic mass is 32.1. The molecule has 1 aliphatic rings. The van der Waals surface area contributed by atoms with Crippen molar-refractivity contribution in [1.29, 1.82) is 0 Å². The van der Waals surface area contributed by atoms with Crippen molar-refractivity contribution in [2.45, 2.75) is 96.6 Å². The second-order valence-electron chi connectivity index (χ2n) is 11.4. The molecule has 1 aliphatic heterocycles. The van der Waals surface area contributed by atoms with Gasteiger partial charge in [-0.25, -0.2) is 4.79 Å². The highest BCUT2D eigenvalue weighted by molar-refractivity contribution is 7.80. The van der Waals surface area contributed by atoms with E-state index in [-0.39, 0.29) is 31.1 Å². The van der Waals surface area contributed by atoms with E-state index in [1.54, 1.807) is 46.8 Å².